The van der Waals surface area contributed by atoms with E-state index in [0.717, 1.165) is 27.8 Å². The lowest BCUT2D eigenvalue weighted by molar-refractivity contribution is 0.141. The quantitative estimate of drug-likeness (QED) is 0.646. The third kappa shape index (κ3) is 3.96. The van der Waals surface area contributed by atoms with Crippen LogP contribution in [0.4, 0.5) is 0 Å². The zero-order chi connectivity index (χ0) is 12.0. The Morgan fingerprint density at radius 1 is 1.50 bits per heavy atom. The van der Waals surface area contributed by atoms with Gasteiger partial charge in [0.2, 0.25) is 0 Å². The highest BCUT2D eigenvalue weighted by Gasteiger charge is 2.06. The van der Waals surface area contributed by atoms with Crippen molar-refractivity contribution in [3.63, 3.8) is 0 Å². The Balaban J connectivity index is 2.73. The number of halogens is 1. The largest absolute Gasteiger partial charge is 0.488 e. The molecule has 0 aliphatic rings. The highest BCUT2D eigenvalue weighted by atomic mass is 79.9. The minimum absolute atomic E-state index is 0.489. The highest BCUT2D eigenvalue weighted by Crippen LogP contribution is 2.29. The van der Waals surface area contributed by atoms with Crippen LogP contribution in [0, 0.1) is 0 Å². The fourth-order valence-corrected chi connectivity index (χ4v) is 1.81. The van der Waals surface area contributed by atoms with Crippen LogP contribution in [0.15, 0.2) is 34.8 Å². The van der Waals surface area contributed by atoms with Crippen LogP contribution in [0.5, 0.6) is 5.75 Å². The number of nitrogens with two attached hydrogens (primary N) is 1. The van der Waals surface area contributed by atoms with Gasteiger partial charge in [0.15, 0.2) is 0 Å². The van der Waals surface area contributed by atoms with Gasteiger partial charge < -0.3 is 9.57 Å². The summed E-state index contributed by atoms with van der Waals surface area (Å²) in [7, 11) is 0. The lowest BCUT2D eigenvalue weighted by Crippen LogP contribution is -2.05. The van der Waals surface area contributed by atoms with E-state index in [9.17, 15) is 0 Å². The second kappa shape index (κ2) is 6.68. The molecule has 0 aromatic heterocycles. The van der Waals surface area contributed by atoms with Gasteiger partial charge in [-0.3, -0.25) is 0 Å². The van der Waals surface area contributed by atoms with Gasteiger partial charge in [0, 0.05) is 0 Å². The average molecular weight is 286 g/mol. The van der Waals surface area contributed by atoms with Gasteiger partial charge in [0.1, 0.15) is 12.4 Å². The monoisotopic (exact) mass is 285 g/mol. The Bertz CT molecular complexity index is 366. The van der Waals surface area contributed by atoms with Gasteiger partial charge in [0.05, 0.1) is 11.1 Å². The molecule has 0 saturated heterocycles. The summed E-state index contributed by atoms with van der Waals surface area (Å²) in [5.74, 6) is 5.82. The molecular weight excluding hydrogens is 270 g/mol. The molecule has 0 atom stereocenters. The molecule has 3 nitrogen and oxygen atoms in total. The maximum atomic E-state index is 5.60. The van der Waals surface area contributed by atoms with Crippen molar-refractivity contribution in [2.45, 2.75) is 13.3 Å². The molecule has 0 heterocycles. The predicted molar refractivity (Wildman–Crippen MR) is 68.3 cm³/mol. The molecule has 0 spiro atoms. The fourth-order valence-electron chi connectivity index (χ4n) is 1.23. The summed E-state index contributed by atoms with van der Waals surface area (Å²) in [6.45, 7) is 6.74. The van der Waals surface area contributed by atoms with E-state index in [1.54, 1.807) is 0 Å². The van der Waals surface area contributed by atoms with E-state index in [2.05, 4.69) is 27.3 Å². The van der Waals surface area contributed by atoms with Gasteiger partial charge in [-0.15, -0.1) is 0 Å². The maximum Gasteiger partial charge on any atom is 0.134 e. The van der Waals surface area contributed by atoms with Crippen LogP contribution in [-0.4, -0.2) is 13.2 Å². The Morgan fingerprint density at radius 3 is 2.88 bits per heavy atom. The zero-order valence-corrected chi connectivity index (χ0v) is 10.9. The first-order valence-corrected chi connectivity index (χ1v) is 5.80. The molecule has 0 saturated carbocycles. The number of hydrogen-bond donors (Lipinski definition) is 1. The topological polar surface area (TPSA) is 44.5 Å². The van der Waals surface area contributed by atoms with Crippen molar-refractivity contribution in [1.82, 2.24) is 0 Å². The fraction of sp³-hybridized carbons (Fsp3) is 0.333. The van der Waals surface area contributed by atoms with Crippen LogP contribution < -0.4 is 10.6 Å². The molecule has 2 N–H and O–H groups in total. The van der Waals surface area contributed by atoms with Crippen molar-refractivity contribution in [2.24, 2.45) is 5.90 Å². The number of hydrogen-bond acceptors (Lipinski definition) is 3. The molecule has 1 aromatic carbocycles. The Hall–Kier alpha value is -0.840. The summed E-state index contributed by atoms with van der Waals surface area (Å²) in [5, 5.41) is 0. The van der Waals surface area contributed by atoms with Crippen LogP contribution in [0.1, 0.15) is 12.5 Å². The summed E-state index contributed by atoms with van der Waals surface area (Å²) >= 11 is 3.51. The van der Waals surface area contributed by atoms with Crippen molar-refractivity contribution in [3.05, 3.63) is 40.4 Å². The van der Waals surface area contributed by atoms with E-state index < -0.39 is 0 Å². The minimum Gasteiger partial charge on any atom is -0.488 e. The van der Waals surface area contributed by atoms with E-state index in [-0.39, 0.29) is 0 Å². The molecule has 0 aliphatic heterocycles. The molecule has 0 unspecified atom stereocenters. The first kappa shape index (κ1) is 13.2. The summed E-state index contributed by atoms with van der Waals surface area (Å²) < 4.78 is 6.55. The molecule has 0 bridgehead atoms. The standard InChI is InChI=1S/C12H16BrNO2/c1-9(2)8-15-11-5-3-4-10(12(11)13)6-7-16-14/h3-5H,1,6-8,14H2,2H3. The van der Waals surface area contributed by atoms with Crippen molar-refractivity contribution >= 4 is 15.9 Å². The van der Waals surface area contributed by atoms with Crippen LogP contribution in [0.2, 0.25) is 0 Å². The zero-order valence-electron chi connectivity index (χ0n) is 9.33. The average Bonchev–Trinajstić information content (AvgIpc) is 2.26. The van der Waals surface area contributed by atoms with Crippen LogP contribution >= 0.6 is 15.9 Å². The highest BCUT2D eigenvalue weighted by molar-refractivity contribution is 9.10. The van der Waals surface area contributed by atoms with Gasteiger partial charge in [-0.05, 0) is 46.5 Å². The molecule has 88 valence electrons. The number of benzene rings is 1. The normalized spacial score (nSPS) is 10.2. The van der Waals surface area contributed by atoms with Crippen molar-refractivity contribution < 1.29 is 9.57 Å². The number of rotatable bonds is 6. The summed E-state index contributed by atoms with van der Waals surface area (Å²) in [6.07, 6.45) is 0.751. The van der Waals surface area contributed by atoms with E-state index in [4.69, 9.17) is 10.6 Å². The van der Waals surface area contributed by atoms with Gasteiger partial charge in [-0.25, -0.2) is 5.90 Å². The molecule has 16 heavy (non-hydrogen) atoms. The van der Waals surface area contributed by atoms with Crippen LogP contribution in [0.3, 0.4) is 0 Å². The third-order valence-electron chi connectivity index (χ3n) is 2.01. The Kier molecular flexibility index (Phi) is 5.52. The Morgan fingerprint density at radius 2 is 2.25 bits per heavy atom. The summed E-state index contributed by atoms with van der Waals surface area (Å²) in [5.41, 5.74) is 2.10. The molecule has 0 radical (unpaired) electrons. The van der Waals surface area contributed by atoms with Gasteiger partial charge in [-0.2, -0.15) is 0 Å². The lowest BCUT2D eigenvalue weighted by atomic mass is 10.1. The lowest BCUT2D eigenvalue weighted by Gasteiger charge is -2.11. The van der Waals surface area contributed by atoms with Gasteiger partial charge >= 0.3 is 0 Å². The first-order valence-electron chi connectivity index (χ1n) is 5.01. The van der Waals surface area contributed by atoms with E-state index in [1.807, 2.05) is 25.1 Å². The predicted octanol–water partition coefficient (Wildman–Crippen LogP) is 2.84. The second-order valence-electron chi connectivity index (χ2n) is 3.60. The third-order valence-corrected chi connectivity index (χ3v) is 2.91. The molecule has 4 heteroatoms. The van der Waals surface area contributed by atoms with Crippen LogP contribution in [-0.2, 0) is 11.3 Å². The summed E-state index contributed by atoms with van der Waals surface area (Å²) in [4.78, 5) is 4.56. The van der Waals surface area contributed by atoms with E-state index >= 15 is 0 Å². The van der Waals surface area contributed by atoms with Crippen molar-refractivity contribution in [2.75, 3.05) is 13.2 Å². The van der Waals surface area contributed by atoms with Gasteiger partial charge in [-0.1, -0.05) is 18.7 Å². The number of ether oxygens (including phenoxy) is 1. The molecule has 1 aromatic rings. The van der Waals surface area contributed by atoms with Crippen LogP contribution in [0.25, 0.3) is 0 Å². The molecule has 0 amide bonds. The van der Waals surface area contributed by atoms with Gasteiger partial charge in [0.25, 0.3) is 0 Å². The smallest absolute Gasteiger partial charge is 0.134 e. The summed E-state index contributed by atoms with van der Waals surface area (Å²) in [6, 6.07) is 5.88. The minimum atomic E-state index is 0.489. The SMILES string of the molecule is C=C(C)COc1cccc(CCON)c1Br. The first-order chi connectivity index (χ1) is 7.65. The molecule has 0 aliphatic carbocycles. The maximum absolute atomic E-state index is 5.60. The van der Waals surface area contributed by atoms with Crippen molar-refractivity contribution in [1.29, 1.82) is 0 Å². The van der Waals surface area contributed by atoms with Crippen molar-refractivity contribution in [3.8, 4) is 5.75 Å². The molecular formula is C12H16BrNO2. The van der Waals surface area contributed by atoms with E-state index in [1.165, 1.54) is 0 Å². The second-order valence-corrected chi connectivity index (χ2v) is 4.39. The Labute approximate surface area is 104 Å². The molecule has 0 fully saturated rings. The molecule has 1 rings (SSSR count). The van der Waals surface area contributed by atoms with E-state index in [0.29, 0.717) is 13.2 Å².